The third-order valence-electron chi connectivity index (χ3n) is 8.15. The van der Waals surface area contributed by atoms with E-state index < -0.39 is 24.2 Å². The van der Waals surface area contributed by atoms with E-state index in [-0.39, 0.29) is 6.61 Å². The van der Waals surface area contributed by atoms with Gasteiger partial charge in [-0.25, -0.2) is 0 Å². The summed E-state index contributed by atoms with van der Waals surface area (Å²) >= 11 is 0. The van der Waals surface area contributed by atoms with Gasteiger partial charge in [-0.3, -0.25) is 4.79 Å². The van der Waals surface area contributed by atoms with Gasteiger partial charge in [0, 0.05) is 0 Å². The second-order valence-corrected chi connectivity index (χ2v) is 12.1. The number of carbonyl (C=O) groups excluding carboxylic acids is 1. The number of hydrogen-bond acceptors (Lipinski definition) is 4. The van der Waals surface area contributed by atoms with Gasteiger partial charge >= 0.3 is 0 Å². The zero-order chi connectivity index (χ0) is 29.5. The Kier molecular flexibility index (Phi) is 30.3. The molecule has 0 bridgehead atoms. The van der Waals surface area contributed by atoms with Gasteiger partial charge < -0.3 is 20.6 Å². The van der Waals surface area contributed by atoms with Crippen molar-refractivity contribution >= 4 is 5.91 Å². The van der Waals surface area contributed by atoms with E-state index in [9.17, 15) is 20.1 Å². The van der Waals surface area contributed by atoms with Gasteiger partial charge in [-0.1, -0.05) is 174 Å². The Labute approximate surface area is 249 Å². The fraction of sp³-hybridized carbons (Fsp3) is 0.914. The first-order chi connectivity index (χ1) is 19.6. The molecule has 5 nitrogen and oxygen atoms in total. The van der Waals surface area contributed by atoms with Crippen LogP contribution < -0.4 is 5.32 Å². The number of aliphatic hydroxyl groups is 3. The molecule has 40 heavy (non-hydrogen) atoms. The number of unbranched alkanes of at least 4 members (excludes halogenated alkanes) is 23. The molecule has 0 aliphatic carbocycles. The van der Waals surface area contributed by atoms with Crippen molar-refractivity contribution in [3.8, 4) is 0 Å². The van der Waals surface area contributed by atoms with Gasteiger partial charge in [0.1, 0.15) is 0 Å². The average molecular weight is 568 g/mol. The molecule has 0 spiro atoms. The van der Waals surface area contributed by atoms with Crippen molar-refractivity contribution in [3.63, 3.8) is 0 Å². The number of hydrogen-bond donors (Lipinski definition) is 4. The number of aliphatic hydroxyl groups excluding tert-OH is 3. The van der Waals surface area contributed by atoms with Crippen LogP contribution in [0, 0.1) is 0 Å². The Morgan fingerprint density at radius 3 is 1.38 bits per heavy atom. The van der Waals surface area contributed by atoms with Gasteiger partial charge in [0.25, 0.3) is 5.91 Å². The molecule has 0 heterocycles. The zero-order valence-electron chi connectivity index (χ0n) is 26.7. The summed E-state index contributed by atoms with van der Waals surface area (Å²) in [6, 6.07) is -0.737. The van der Waals surface area contributed by atoms with E-state index in [2.05, 4.69) is 19.2 Å². The molecule has 0 aromatic heterocycles. The fourth-order valence-electron chi connectivity index (χ4n) is 5.34. The minimum Gasteiger partial charge on any atom is -0.394 e. The molecule has 238 valence electrons. The molecule has 0 rings (SSSR count). The van der Waals surface area contributed by atoms with Crippen LogP contribution in [0.25, 0.3) is 0 Å². The molecule has 5 heteroatoms. The van der Waals surface area contributed by atoms with Crippen molar-refractivity contribution in [3.05, 3.63) is 12.2 Å². The van der Waals surface area contributed by atoms with Gasteiger partial charge in [-0.05, 0) is 19.3 Å². The molecule has 0 fully saturated rings. The Morgan fingerprint density at radius 2 is 0.975 bits per heavy atom. The van der Waals surface area contributed by atoms with E-state index in [0.29, 0.717) is 6.42 Å². The van der Waals surface area contributed by atoms with Crippen LogP contribution in [0.1, 0.15) is 181 Å². The maximum Gasteiger partial charge on any atom is 0.253 e. The monoisotopic (exact) mass is 568 g/mol. The quantitative estimate of drug-likeness (QED) is 0.0497. The largest absolute Gasteiger partial charge is 0.394 e. The van der Waals surface area contributed by atoms with Crippen LogP contribution in [0.3, 0.4) is 0 Å². The van der Waals surface area contributed by atoms with Crippen LogP contribution in [0.2, 0.25) is 0 Å². The number of allylic oxidation sites excluding steroid dienone is 1. The van der Waals surface area contributed by atoms with Crippen LogP contribution in [-0.4, -0.2) is 46.1 Å². The summed E-state index contributed by atoms with van der Waals surface area (Å²) < 4.78 is 0. The van der Waals surface area contributed by atoms with E-state index in [1.807, 2.05) is 6.08 Å². The maximum absolute atomic E-state index is 12.3. The summed E-state index contributed by atoms with van der Waals surface area (Å²) in [5.41, 5.74) is 0. The molecule has 0 radical (unpaired) electrons. The average Bonchev–Trinajstić information content (AvgIpc) is 2.96. The van der Waals surface area contributed by atoms with E-state index in [1.165, 1.54) is 141 Å². The molecule has 1 amide bonds. The minimum absolute atomic E-state index is 0.333. The SMILES string of the molecule is CCCCCCCCCCCCC=CC(O)C(=O)NC(CO)C(O)CCCCCCCCCCCCCCCC. The lowest BCUT2D eigenvalue weighted by molar-refractivity contribution is -0.129. The highest BCUT2D eigenvalue weighted by Gasteiger charge is 2.22. The molecule has 0 aromatic carbocycles. The van der Waals surface area contributed by atoms with Gasteiger partial charge in [0.15, 0.2) is 6.10 Å². The number of nitrogens with one attached hydrogen (secondary N) is 1. The van der Waals surface area contributed by atoms with Crippen molar-refractivity contribution in [2.75, 3.05) is 6.61 Å². The van der Waals surface area contributed by atoms with Gasteiger partial charge in [-0.15, -0.1) is 0 Å². The van der Waals surface area contributed by atoms with Crippen LogP contribution in [-0.2, 0) is 4.79 Å². The topological polar surface area (TPSA) is 89.8 Å². The van der Waals surface area contributed by atoms with E-state index in [1.54, 1.807) is 0 Å². The molecular formula is C35H69NO4. The van der Waals surface area contributed by atoms with Gasteiger partial charge in [-0.2, -0.15) is 0 Å². The number of rotatable bonds is 31. The van der Waals surface area contributed by atoms with Crippen LogP contribution in [0.5, 0.6) is 0 Å². The maximum atomic E-state index is 12.3. The van der Waals surface area contributed by atoms with E-state index in [0.717, 1.165) is 25.7 Å². The lowest BCUT2D eigenvalue weighted by atomic mass is 10.0. The molecule has 0 saturated heterocycles. The summed E-state index contributed by atoms with van der Waals surface area (Å²) in [5, 5.41) is 32.9. The second kappa shape index (κ2) is 31.0. The van der Waals surface area contributed by atoms with Crippen LogP contribution in [0.15, 0.2) is 12.2 Å². The summed E-state index contributed by atoms with van der Waals surface area (Å²) in [7, 11) is 0. The zero-order valence-corrected chi connectivity index (χ0v) is 26.7. The summed E-state index contributed by atoms with van der Waals surface area (Å²) in [5.74, 6) is -0.557. The van der Waals surface area contributed by atoms with E-state index in [4.69, 9.17) is 0 Å². The highest BCUT2D eigenvalue weighted by atomic mass is 16.3. The third-order valence-corrected chi connectivity index (χ3v) is 8.15. The predicted molar refractivity (Wildman–Crippen MR) is 172 cm³/mol. The molecule has 0 saturated carbocycles. The van der Waals surface area contributed by atoms with E-state index >= 15 is 0 Å². The highest BCUT2D eigenvalue weighted by Crippen LogP contribution is 2.15. The first-order valence-electron chi connectivity index (χ1n) is 17.5. The van der Waals surface area contributed by atoms with Crippen molar-refractivity contribution in [2.24, 2.45) is 0 Å². The van der Waals surface area contributed by atoms with Gasteiger partial charge in [0.2, 0.25) is 0 Å². The fourth-order valence-corrected chi connectivity index (χ4v) is 5.34. The predicted octanol–water partition coefficient (Wildman–Crippen LogP) is 8.92. The Hall–Kier alpha value is -0.910. The lowest BCUT2D eigenvalue weighted by Crippen LogP contribution is -2.49. The van der Waals surface area contributed by atoms with Crippen molar-refractivity contribution in [1.29, 1.82) is 0 Å². The smallest absolute Gasteiger partial charge is 0.253 e. The van der Waals surface area contributed by atoms with Crippen molar-refractivity contribution < 1.29 is 20.1 Å². The summed E-state index contributed by atoms with van der Waals surface area (Å²) in [6.45, 7) is 4.18. The molecular weight excluding hydrogens is 498 g/mol. The summed E-state index contributed by atoms with van der Waals surface area (Å²) in [4.78, 5) is 12.3. The lowest BCUT2D eigenvalue weighted by Gasteiger charge is -2.23. The molecule has 3 unspecified atom stereocenters. The first kappa shape index (κ1) is 39.1. The summed E-state index contributed by atoms with van der Waals surface area (Å²) in [6.07, 6.45) is 33.6. The normalized spacial score (nSPS) is 14.0. The third kappa shape index (κ3) is 26.0. The number of amides is 1. The molecule has 0 aliphatic rings. The molecule has 4 N–H and O–H groups in total. The first-order valence-corrected chi connectivity index (χ1v) is 17.5. The Morgan fingerprint density at radius 1 is 0.600 bits per heavy atom. The molecule has 0 aliphatic heterocycles. The molecule has 0 aromatic rings. The Bertz CT molecular complexity index is 554. The van der Waals surface area contributed by atoms with Crippen molar-refractivity contribution in [1.82, 2.24) is 5.32 Å². The molecule has 3 atom stereocenters. The number of carbonyl (C=O) groups is 1. The Balaban J connectivity index is 3.75. The van der Waals surface area contributed by atoms with Gasteiger partial charge in [0.05, 0.1) is 18.8 Å². The second-order valence-electron chi connectivity index (χ2n) is 12.1. The van der Waals surface area contributed by atoms with Crippen LogP contribution in [0.4, 0.5) is 0 Å². The van der Waals surface area contributed by atoms with Crippen LogP contribution >= 0.6 is 0 Å². The highest BCUT2D eigenvalue weighted by molar-refractivity contribution is 5.82. The van der Waals surface area contributed by atoms with Crippen molar-refractivity contribution in [2.45, 2.75) is 199 Å². The standard InChI is InChI=1S/C35H69NO4/c1-3-5-7-9-11-13-15-17-18-20-21-23-25-27-29-33(38)32(31-37)36-35(40)34(39)30-28-26-24-22-19-16-14-12-10-8-6-4-2/h28,30,32-34,37-39H,3-27,29,31H2,1-2H3,(H,36,40). The minimum atomic E-state index is -1.24.